The zero-order valence-corrected chi connectivity index (χ0v) is 18.4. The summed E-state index contributed by atoms with van der Waals surface area (Å²) in [4.78, 5) is 12.3. The van der Waals surface area contributed by atoms with E-state index in [1.807, 2.05) is 54.6 Å². The fraction of sp³-hybridized carbons (Fsp3) is 0.0435. The first-order chi connectivity index (χ1) is 14.0. The van der Waals surface area contributed by atoms with Crippen LogP contribution in [0, 0.1) is 11.3 Å². The van der Waals surface area contributed by atoms with E-state index in [2.05, 4.69) is 37.2 Å². The molecule has 0 aromatic heterocycles. The molecule has 0 saturated heterocycles. The Hall–Kier alpha value is -2.88. The highest BCUT2D eigenvalue weighted by Crippen LogP contribution is 2.24. The number of nitrogens with zero attached hydrogens (tertiary/aromatic N) is 1. The number of nitrogens with one attached hydrogen (secondary N) is 1. The molecule has 6 heteroatoms. The minimum Gasteiger partial charge on any atom is -0.489 e. The van der Waals surface area contributed by atoms with E-state index in [-0.39, 0.29) is 5.57 Å². The smallest absolute Gasteiger partial charge is 0.266 e. The largest absolute Gasteiger partial charge is 0.489 e. The number of carbonyl (C=O) groups excluding carboxylic acids is 1. The number of anilines is 1. The lowest BCUT2D eigenvalue weighted by atomic mass is 10.1. The maximum absolute atomic E-state index is 12.3. The number of hydrogen-bond acceptors (Lipinski definition) is 3. The molecule has 0 radical (unpaired) electrons. The van der Waals surface area contributed by atoms with Crippen molar-refractivity contribution in [1.82, 2.24) is 0 Å². The quantitative estimate of drug-likeness (QED) is 0.310. The van der Waals surface area contributed by atoms with Gasteiger partial charge in [0.05, 0.1) is 0 Å². The SMILES string of the molecule is N#C/C(=C/c1ccc(OCc2ccc(Br)cc2Br)cc1)C(=O)Nc1ccccc1. The second kappa shape index (κ2) is 10.1. The van der Waals surface area contributed by atoms with Crippen molar-refractivity contribution in [2.24, 2.45) is 0 Å². The summed E-state index contributed by atoms with van der Waals surface area (Å²) in [6.45, 7) is 0.423. The van der Waals surface area contributed by atoms with Crippen LogP contribution in [-0.2, 0) is 11.4 Å². The van der Waals surface area contributed by atoms with Gasteiger partial charge in [0.2, 0.25) is 0 Å². The van der Waals surface area contributed by atoms with E-state index in [9.17, 15) is 10.1 Å². The third-order valence-electron chi connectivity index (χ3n) is 4.00. The molecule has 1 N–H and O–H groups in total. The summed E-state index contributed by atoms with van der Waals surface area (Å²) < 4.78 is 7.78. The van der Waals surface area contributed by atoms with Crippen LogP contribution in [0.5, 0.6) is 5.75 Å². The summed E-state index contributed by atoms with van der Waals surface area (Å²) in [5, 5.41) is 12.0. The molecule has 0 unspecified atom stereocenters. The van der Waals surface area contributed by atoms with E-state index in [0.717, 1.165) is 20.1 Å². The van der Waals surface area contributed by atoms with E-state index in [1.54, 1.807) is 30.3 Å². The van der Waals surface area contributed by atoms with Gasteiger partial charge in [-0.1, -0.05) is 68.3 Å². The van der Waals surface area contributed by atoms with E-state index in [4.69, 9.17) is 4.74 Å². The first kappa shape index (κ1) is 20.8. The number of benzene rings is 3. The second-order valence-corrected chi connectivity index (χ2v) is 7.85. The van der Waals surface area contributed by atoms with Crippen LogP contribution in [0.1, 0.15) is 11.1 Å². The van der Waals surface area contributed by atoms with Crippen molar-refractivity contribution >= 4 is 49.5 Å². The standard InChI is InChI=1S/C23H16Br2N2O2/c24-19-9-8-17(22(25)13-19)15-29-21-10-6-16(7-11-21)12-18(14-26)23(28)27-20-4-2-1-3-5-20/h1-13H,15H2,(H,27,28)/b18-12-. The fourth-order valence-corrected chi connectivity index (χ4v) is 3.66. The van der Waals surface area contributed by atoms with Gasteiger partial charge < -0.3 is 10.1 Å². The molecule has 0 spiro atoms. The Morgan fingerprint density at radius 3 is 2.41 bits per heavy atom. The zero-order chi connectivity index (χ0) is 20.6. The van der Waals surface area contributed by atoms with E-state index in [0.29, 0.717) is 18.0 Å². The maximum atomic E-state index is 12.3. The molecule has 0 aliphatic heterocycles. The number of ether oxygens (including phenoxy) is 1. The highest BCUT2D eigenvalue weighted by Gasteiger charge is 2.09. The predicted octanol–water partition coefficient (Wildman–Crippen LogP) is 6.34. The topological polar surface area (TPSA) is 62.1 Å². The van der Waals surface area contributed by atoms with E-state index >= 15 is 0 Å². The lowest BCUT2D eigenvalue weighted by Crippen LogP contribution is -2.13. The number of rotatable bonds is 6. The Morgan fingerprint density at radius 1 is 1.03 bits per heavy atom. The number of carbonyl (C=O) groups is 1. The number of halogens is 2. The van der Waals surface area contributed by atoms with E-state index in [1.165, 1.54) is 0 Å². The first-order valence-electron chi connectivity index (χ1n) is 8.70. The van der Waals surface area contributed by atoms with Gasteiger partial charge >= 0.3 is 0 Å². The Kier molecular flexibility index (Phi) is 7.23. The summed E-state index contributed by atoms with van der Waals surface area (Å²) in [7, 11) is 0. The third-order valence-corrected chi connectivity index (χ3v) is 5.23. The molecule has 3 rings (SSSR count). The summed E-state index contributed by atoms with van der Waals surface area (Å²) in [6, 6.07) is 24.1. The van der Waals surface area contributed by atoms with Crippen molar-refractivity contribution in [1.29, 1.82) is 5.26 Å². The fourth-order valence-electron chi connectivity index (χ4n) is 2.50. The average Bonchev–Trinajstić information content (AvgIpc) is 2.73. The summed E-state index contributed by atoms with van der Waals surface area (Å²) >= 11 is 6.94. The van der Waals surface area contributed by atoms with Crippen LogP contribution in [0.3, 0.4) is 0 Å². The zero-order valence-electron chi connectivity index (χ0n) is 15.2. The van der Waals surface area contributed by atoms with Gasteiger partial charge in [-0.3, -0.25) is 4.79 Å². The molecule has 0 saturated carbocycles. The molecule has 3 aromatic rings. The lowest BCUT2D eigenvalue weighted by Gasteiger charge is -2.09. The number of para-hydroxylation sites is 1. The molecule has 3 aromatic carbocycles. The van der Waals surface area contributed by atoms with Gasteiger partial charge in [-0.25, -0.2) is 0 Å². The Balaban J connectivity index is 1.65. The molecule has 0 heterocycles. The van der Waals surface area contributed by atoms with Crippen molar-refractivity contribution in [3.05, 3.63) is 98.4 Å². The Bertz CT molecular complexity index is 1070. The molecule has 4 nitrogen and oxygen atoms in total. The molecule has 0 aliphatic rings. The Labute approximate surface area is 186 Å². The maximum Gasteiger partial charge on any atom is 0.266 e. The third kappa shape index (κ3) is 6.05. The van der Waals surface area contributed by atoms with Gasteiger partial charge in [0.1, 0.15) is 24.0 Å². The van der Waals surface area contributed by atoms with Crippen molar-refractivity contribution in [2.45, 2.75) is 6.61 Å². The summed E-state index contributed by atoms with van der Waals surface area (Å²) in [5.41, 5.74) is 2.44. The molecule has 1 amide bonds. The monoisotopic (exact) mass is 510 g/mol. The van der Waals surface area contributed by atoms with Crippen molar-refractivity contribution < 1.29 is 9.53 Å². The number of amides is 1. The van der Waals surface area contributed by atoms with Crippen LogP contribution in [-0.4, -0.2) is 5.91 Å². The van der Waals surface area contributed by atoms with Crippen LogP contribution in [0.4, 0.5) is 5.69 Å². The lowest BCUT2D eigenvalue weighted by molar-refractivity contribution is -0.112. The molecular weight excluding hydrogens is 496 g/mol. The Morgan fingerprint density at radius 2 is 1.76 bits per heavy atom. The minimum absolute atomic E-state index is 0.0290. The second-order valence-electron chi connectivity index (χ2n) is 6.08. The van der Waals surface area contributed by atoms with Gasteiger partial charge in [0, 0.05) is 20.2 Å². The number of nitriles is 1. The predicted molar refractivity (Wildman–Crippen MR) is 121 cm³/mol. The van der Waals surface area contributed by atoms with Crippen molar-refractivity contribution in [2.75, 3.05) is 5.32 Å². The van der Waals surface area contributed by atoms with Gasteiger partial charge in [0.15, 0.2) is 0 Å². The summed E-state index contributed by atoms with van der Waals surface area (Å²) in [5.74, 6) is 0.253. The van der Waals surface area contributed by atoms with Crippen LogP contribution < -0.4 is 10.1 Å². The van der Waals surface area contributed by atoms with Gasteiger partial charge in [-0.15, -0.1) is 0 Å². The van der Waals surface area contributed by atoms with Gasteiger partial charge in [0.25, 0.3) is 5.91 Å². The van der Waals surface area contributed by atoms with E-state index < -0.39 is 5.91 Å². The number of hydrogen-bond donors (Lipinski definition) is 1. The minimum atomic E-state index is -0.445. The highest BCUT2D eigenvalue weighted by atomic mass is 79.9. The molecule has 0 aliphatic carbocycles. The van der Waals surface area contributed by atoms with Crippen molar-refractivity contribution in [3.63, 3.8) is 0 Å². The van der Waals surface area contributed by atoms with Gasteiger partial charge in [-0.05, 0) is 48.0 Å². The summed E-state index contributed by atoms with van der Waals surface area (Å²) in [6.07, 6.45) is 1.55. The molecule has 0 bridgehead atoms. The molecule has 0 fully saturated rings. The average molecular weight is 512 g/mol. The molecule has 0 atom stereocenters. The van der Waals surface area contributed by atoms with Gasteiger partial charge in [-0.2, -0.15) is 5.26 Å². The first-order valence-corrected chi connectivity index (χ1v) is 10.3. The molecule has 29 heavy (non-hydrogen) atoms. The molecular formula is C23H16Br2N2O2. The highest BCUT2D eigenvalue weighted by molar-refractivity contribution is 9.11. The van der Waals surface area contributed by atoms with Crippen LogP contribution in [0.2, 0.25) is 0 Å². The van der Waals surface area contributed by atoms with Crippen LogP contribution in [0.25, 0.3) is 6.08 Å². The van der Waals surface area contributed by atoms with Crippen molar-refractivity contribution in [3.8, 4) is 11.8 Å². The normalized spacial score (nSPS) is 10.9. The van der Waals surface area contributed by atoms with Crippen LogP contribution in [0.15, 0.2) is 87.3 Å². The molecule has 144 valence electrons. The van der Waals surface area contributed by atoms with Crippen LogP contribution >= 0.6 is 31.9 Å².